The summed E-state index contributed by atoms with van der Waals surface area (Å²) in [5, 5.41) is 1.51. The van der Waals surface area contributed by atoms with Gasteiger partial charge in [-0.2, -0.15) is 21.6 Å². The first-order valence-electron chi connectivity index (χ1n) is 9.24. The molecule has 2 aromatic rings. The highest BCUT2D eigenvalue weighted by molar-refractivity contribution is 7.88. The average Bonchev–Trinajstić information content (AvgIpc) is 2.61. The molecule has 0 bridgehead atoms. The van der Waals surface area contributed by atoms with E-state index >= 15 is 0 Å². The molecule has 0 amide bonds. The zero-order chi connectivity index (χ0) is 19.7. The molecule has 1 aliphatic carbocycles. The first-order valence-corrected chi connectivity index (χ1v) is 10.6. The van der Waals surface area contributed by atoms with Crippen LogP contribution in [0.2, 0.25) is 0 Å². The summed E-state index contributed by atoms with van der Waals surface area (Å²) in [6, 6.07) is 10.0. The normalized spacial score (nSPS) is 21.3. The van der Waals surface area contributed by atoms with E-state index in [-0.39, 0.29) is 5.75 Å². The molecule has 0 N–H and O–H groups in total. The molecule has 1 saturated carbocycles. The van der Waals surface area contributed by atoms with Gasteiger partial charge in [-0.3, -0.25) is 0 Å². The van der Waals surface area contributed by atoms with Crippen molar-refractivity contribution in [2.24, 2.45) is 5.92 Å². The second-order valence-electron chi connectivity index (χ2n) is 7.26. The molecule has 0 spiro atoms. The maximum Gasteiger partial charge on any atom is 0.534 e. The van der Waals surface area contributed by atoms with Gasteiger partial charge < -0.3 is 4.18 Å². The van der Waals surface area contributed by atoms with Gasteiger partial charge in [-0.05, 0) is 66.0 Å². The van der Waals surface area contributed by atoms with Gasteiger partial charge in [-0.1, -0.05) is 44.0 Å². The Balaban J connectivity index is 1.76. The van der Waals surface area contributed by atoms with Crippen LogP contribution < -0.4 is 4.18 Å². The number of rotatable bonds is 5. The van der Waals surface area contributed by atoms with Gasteiger partial charge in [0, 0.05) is 0 Å². The van der Waals surface area contributed by atoms with Crippen LogP contribution >= 0.6 is 0 Å². The molecule has 3 nitrogen and oxygen atoms in total. The summed E-state index contributed by atoms with van der Waals surface area (Å²) in [4.78, 5) is 0. The summed E-state index contributed by atoms with van der Waals surface area (Å²) in [5.41, 5.74) is -4.21. The van der Waals surface area contributed by atoms with Crippen LogP contribution in [0.1, 0.15) is 56.9 Å². The lowest BCUT2D eigenvalue weighted by Crippen LogP contribution is -2.28. The SMILES string of the molecule is CCC[C@H]1CC[C@H](c2ccc3cc(OS(=O)(=O)C(F)(F)F)ccc3c2)CC1. The van der Waals surface area contributed by atoms with Crippen LogP contribution in [0.5, 0.6) is 5.75 Å². The molecule has 0 aliphatic heterocycles. The Morgan fingerprint density at radius 2 is 1.63 bits per heavy atom. The Morgan fingerprint density at radius 1 is 1.00 bits per heavy atom. The van der Waals surface area contributed by atoms with E-state index in [0.717, 1.165) is 24.1 Å². The zero-order valence-corrected chi connectivity index (χ0v) is 15.9. The third-order valence-corrected chi connectivity index (χ3v) is 6.32. The van der Waals surface area contributed by atoms with Crippen LogP contribution in [-0.4, -0.2) is 13.9 Å². The second-order valence-corrected chi connectivity index (χ2v) is 8.80. The van der Waals surface area contributed by atoms with Gasteiger partial charge in [0.2, 0.25) is 0 Å². The van der Waals surface area contributed by atoms with Gasteiger partial charge in [0.25, 0.3) is 0 Å². The number of halogens is 3. The Kier molecular flexibility index (Phi) is 5.70. The topological polar surface area (TPSA) is 43.4 Å². The number of hydrogen-bond donors (Lipinski definition) is 0. The summed E-state index contributed by atoms with van der Waals surface area (Å²) in [6.07, 6.45) is 7.29. The van der Waals surface area contributed by atoms with Crippen molar-refractivity contribution in [1.29, 1.82) is 0 Å². The van der Waals surface area contributed by atoms with Crippen LogP contribution in [0, 0.1) is 5.92 Å². The molecule has 0 atom stereocenters. The lowest BCUT2D eigenvalue weighted by molar-refractivity contribution is -0.0500. The van der Waals surface area contributed by atoms with Crippen LogP contribution in [0.15, 0.2) is 36.4 Å². The van der Waals surface area contributed by atoms with Crippen molar-refractivity contribution in [3.63, 3.8) is 0 Å². The number of fused-ring (bicyclic) bond motifs is 1. The van der Waals surface area contributed by atoms with Crippen molar-refractivity contribution >= 4 is 20.9 Å². The molecular weight excluding hydrogens is 377 g/mol. The molecule has 7 heteroatoms. The second kappa shape index (κ2) is 7.70. The maximum atomic E-state index is 12.5. The van der Waals surface area contributed by atoms with Crippen molar-refractivity contribution in [2.75, 3.05) is 0 Å². The summed E-state index contributed by atoms with van der Waals surface area (Å²) in [6.45, 7) is 2.22. The third-order valence-electron chi connectivity index (χ3n) is 5.34. The third kappa shape index (κ3) is 4.57. The molecule has 0 radical (unpaired) electrons. The molecule has 0 heterocycles. The van der Waals surface area contributed by atoms with E-state index in [0.29, 0.717) is 11.3 Å². The van der Waals surface area contributed by atoms with Gasteiger partial charge in [-0.15, -0.1) is 0 Å². The summed E-state index contributed by atoms with van der Waals surface area (Å²) >= 11 is 0. The summed E-state index contributed by atoms with van der Waals surface area (Å²) < 4.78 is 63.9. The smallest absolute Gasteiger partial charge is 0.376 e. The standard InChI is InChI=1S/C20H23F3O3S/c1-2-3-14-4-6-15(7-5-14)16-8-9-18-13-19(11-10-17(18)12-16)26-27(24,25)20(21,22)23/h8-15H,2-7H2,1H3/t14-,15-. The average molecular weight is 400 g/mol. The van der Waals surface area contributed by atoms with Crippen molar-refractivity contribution in [2.45, 2.75) is 56.9 Å². The van der Waals surface area contributed by atoms with Crippen LogP contribution in [-0.2, 0) is 10.1 Å². The molecule has 148 valence electrons. The Bertz CT molecular complexity index is 898. The van der Waals surface area contributed by atoms with E-state index in [1.807, 2.05) is 18.2 Å². The molecule has 0 unspecified atom stereocenters. The van der Waals surface area contributed by atoms with E-state index < -0.39 is 15.6 Å². The minimum Gasteiger partial charge on any atom is -0.376 e. The monoisotopic (exact) mass is 400 g/mol. The minimum absolute atomic E-state index is 0.340. The van der Waals surface area contributed by atoms with E-state index in [4.69, 9.17) is 0 Å². The summed E-state index contributed by atoms with van der Waals surface area (Å²) in [5.74, 6) is 0.985. The molecular formula is C20H23F3O3S. The Labute approximate surface area is 157 Å². The van der Waals surface area contributed by atoms with E-state index in [9.17, 15) is 21.6 Å². The Hall–Kier alpha value is -1.76. The maximum absolute atomic E-state index is 12.5. The lowest BCUT2D eigenvalue weighted by Gasteiger charge is -2.28. The summed E-state index contributed by atoms with van der Waals surface area (Å²) in [7, 11) is -5.65. The molecule has 0 saturated heterocycles. The van der Waals surface area contributed by atoms with Crippen LogP contribution in [0.25, 0.3) is 10.8 Å². The fourth-order valence-electron chi connectivity index (χ4n) is 3.91. The lowest BCUT2D eigenvalue weighted by atomic mass is 9.77. The zero-order valence-electron chi connectivity index (χ0n) is 15.1. The van der Waals surface area contributed by atoms with Crippen molar-refractivity contribution < 1.29 is 25.8 Å². The number of benzene rings is 2. The van der Waals surface area contributed by atoms with E-state index in [1.54, 1.807) is 6.07 Å². The Morgan fingerprint density at radius 3 is 2.26 bits per heavy atom. The van der Waals surface area contributed by atoms with Crippen molar-refractivity contribution in [3.8, 4) is 5.75 Å². The number of hydrogen-bond acceptors (Lipinski definition) is 3. The van der Waals surface area contributed by atoms with Crippen molar-refractivity contribution in [1.82, 2.24) is 0 Å². The highest BCUT2D eigenvalue weighted by atomic mass is 32.2. The molecule has 27 heavy (non-hydrogen) atoms. The highest BCUT2D eigenvalue weighted by Crippen LogP contribution is 2.38. The van der Waals surface area contributed by atoms with Gasteiger partial charge >= 0.3 is 15.6 Å². The van der Waals surface area contributed by atoms with Gasteiger partial charge in [0.05, 0.1) is 0 Å². The molecule has 1 fully saturated rings. The quantitative estimate of drug-likeness (QED) is 0.447. The predicted octanol–water partition coefficient (Wildman–Crippen LogP) is 6.14. The van der Waals surface area contributed by atoms with Crippen LogP contribution in [0.3, 0.4) is 0 Å². The van der Waals surface area contributed by atoms with Gasteiger partial charge in [-0.25, -0.2) is 0 Å². The highest BCUT2D eigenvalue weighted by Gasteiger charge is 2.48. The minimum atomic E-state index is -5.65. The van der Waals surface area contributed by atoms with Crippen molar-refractivity contribution in [3.05, 3.63) is 42.0 Å². The largest absolute Gasteiger partial charge is 0.534 e. The number of alkyl halides is 3. The first kappa shape index (κ1) is 20.0. The molecule has 3 rings (SSSR count). The van der Waals surface area contributed by atoms with Crippen LogP contribution in [0.4, 0.5) is 13.2 Å². The van der Waals surface area contributed by atoms with Gasteiger partial charge in [0.1, 0.15) is 5.75 Å². The van der Waals surface area contributed by atoms with E-state index in [2.05, 4.69) is 11.1 Å². The van der Waals surface area contributed by atoms with Gasteiger partial charge in [0.15, 0.2) is 0 Å². The molecule has 1 aliphatic rings. The first-order chi connectivity index (χ1) is 12.7. The predicted molar refractivity (Wildman–Crippen MR) is 99.2 cm³/mol. The molecule has 2 aromatic carbocycles. The molecule has 0 aromatic heterocycles. The fraction of sp³-hybridized carbons (Fsp3) is 0.500. The fourth-order valence-corrected chi connectivity index (χ4v) is 4.37. The van der Waals surface area contributed by atoms with E-state index in [1.165, 1.54) is 43.4 Å².